The minimum Gasteiger partial charge on any atom is -0.396 e. The quantitative estimate of drug-likeness (QED) is 0.592. The second-order valence-corrected chi connectivity index (χ2v) is 3.30. The van der Waals surface area contributed by atoms with Gasteiger partial charge in [-0.1, -0.05) is 13.8 Å². The Bertz CT molecular complexity index is 151. The smallest absolute Gasteiger partial charge is 0.234 e. The third kappa shape index (κ3) is 6.86. The number of nitrogens with one attached hydrogen (secondary N) is 1. The maximum absolute atomic E-state index is 11.3. The molecule has 0 saturated heterocycles. The van der Waals surface area contributed by atoms with E-state index in [1.165, 1.54) is 0 Å². The predicted molar refractivity (Wildman–Crippen MR) is 57.1 cm³/mol. The molecule has 0 aromatic heterocycles. The van der Waals surface area contributed by atoms with Gasteiger partial charge in [-0.05, 0) is 19.4 Å². The number of rotatable bonds is 8. The summed E-state index contributed by atoms with van der Waals surface area (Å²) in [5, 5.41) is 11.5. The van der Waals surface area contributed by atoms with E-state index in [-0.39, 0.29) is 12.5 Å². The van der Waals surface area contributed by atoms with Crippen LogP contribution in [-0.2, 0) is 4.79 Å². The first kappa shape index (κ1) is 13.4. The zero-order valence-corrected chi connectivity index (χ0v) is 9.25. The lowest BCUT2D eigenvalue weighted by molar-refractivity contribution is -0.122. The maximum Gasteiger partial charge on any atom is 0.234 e. The number of carbonyl (C=O) groups is 1. The highest BCUT2D eigenvalue weighted by Gasteiger charge is 2.07. The standard InChI is InChI=1S/C10H22N2O2/c1-3-6-11-10(14)9-12(4-2)7-5-8-13/h13H,3-9H2,1-2H3,(H,11,14). The fourth-order valence-electron chi connectivity index (χ4n) is 1.17. The van der Waals surface area contributed by atoms with Gasteiger partial charge in [-0.3, -0.25) is 9.69 Å². The normalized spacial score (nSPS) is 10.6. The van der Waals surface area contributed by atoms with Crippen LogP contribution in [0.1, 0.15) is 26.7 Å². The fourth-order valence-corrected chi connectivity index (χ4v) is 1.17. The number of amides is 1. The molecule has 0 saturated carbocycles. The predicted octanol–water partition coefficient (Wildman–Crippen LogP) is 0.217. The summed E-state index contributed by atoms with van der Waals surface area (Å²) in [6.07, 6.45) is 1.70. The number of aliphatic hydroxyl groups is 1. The second-order valence-electron chi connectivity index (χ2n) is 3.30. The van der Waals surface area contributed by atoms with E-state index < -0.39 is 0 Å². The highest BCUT2D eigenvalue weighted by molar-refractivity contribution is 5.77. The van der Waals surface area contributed by atoms with Gasteiger partial charge in [0, 0.05) is 19.7 Å². The summed E-state index contributed by atoms with van der Waals surface area (Å²) < 4.78 is 0. The van der Waals surface area contributed by atoms with Crippen molar-refractivity contribution in [2.75, 3.05) is 32.8 Å². The molecule has 84 valence electrons. The molecule has 0 aromatic rings. The van der Waals surface area contributed by atoms with Gasteiger partial charge in [-0.25, -0.2) is 0 Å². The Hall–Kier alpha value is -0.610. The highest BCUT2D eigenvalue weighted by Crippen LogP contribution is 1.90. The maximum atomic E-state index is 11.3. The topological polar surface area (TPSA) is 52.6 Å². The van der Waals surface area contributed by atoms with Crippen molar-refractivity contribution in [1.29, 1.82) is 0 Å². The first-order valence-corrected chi connectivity index (χ1v) is 5.34. The lowest BCUT2D eigenvalue weighted by Gasteiger charge is -2.18. The lowest BCUT2D eigenvalue weighted by atomic mass is 10.3. The Labute approximate surface area is 86.3 Å². The van der Waals surface area contributed by atoms with Gasteiger partial charge in [0.25, 0.3) is 0 Å². The van der Waals surface area contributed by atoms with Gasteiger partial charge in [0.1, 0.15) is 0 Å². The van der Waals surface area contributed by atoms with Crippen LogP contribution in [0.15, 0.2) is 0 Å². The summed E-state index contributed by atoms with van der Waals surface area (Å²) in [5.74, 6) is 0.0756. The van der Waals surface area contributed by atoms with Crippen molar-refractivity contribution in [1.82, 2.24) is 10.2 Å². The van der Waals surface area contributed by atoms with Gasteiger partial charge < -0.3 is 10.4 Å². The van der Waals surface area contributed by atoms with Gasteiger partial charge in [-0.2, -0.15) is 0 Å². The van der Waals surface area contributed by atoms with E-state index in [4.69, 9.17) is 5.11 Å². The molecule has 1 amide bonds. The van der Waals surface area contributed by atoms with E-state index in [1.807, 2.05) is 18.7 Å². The molecule has 0 spiro atoms. The molecule has 0 unspecified atom stereocenters. The van der Waals surface area contributed by atoms with E-state index in [2.05, 4.69) is 5.32 Å². The lowest BCUT2D eigenvalue weighted by Crippen LogP contribution is -2.38. The number of hydrogen-bond donors (Lipinski definition) is 2. The van der Waals surface area contributed by atoms with Crippen molar-refractivity contribution >= 4 is 5.91 Å². The molecular formula is C10H22N2O2. The molecule has 0 fully saturated rings. The Morgan fingerprint density at radius 1 is 1.43 bits per heavy atom. The molecule has 0 bridgehead atoms. The Balaban J connectivity index is 3.62. The van der Waals surface area contributed by atoms with Gasteiger partial charge in [0.15, 0.2) is 0 Å². The molecule has 14 heavy (non-hydrogen) atoms. The van der Waals surface area contributed by atoms with Crippen molar-refractivity contribution in [2.24, 2.45) is 0 Å². The number of nitrogens with zero attached hydrogens (tertiary/aromatic N) is 1. The average Bonchev–Trinajstić information content (AvgIpc) is 2.21. The van der Waals surface area contributed by atoms with Crippen LogP contribution >= 0.6 is 0 Å². The van der Waals surface area contributed by atoms with E-state index >= 15 is 0 Å². The first-order valence-electron chi connectivity index (χ1n) is 5.34. The summed E-state index contributed by atoms with van der Waals surface area (Å²) in [6, 6.07) is 0. The zero-order chi connectivity index (χ0) is 10.8. The molecule has 0 aliphatic heterocycles. The number of likely N-dealkylation sites (N-methyl/N-ethyl adjacent to an activating group) is 1. The van der Waals surface area contributed by atoms with Crippen LogP contribution < -0.4 is 5.32 Å². The third-order valence-electron chi connectivity index (χ3n) is 2.02. The average molecular weight is 202 g/mol. The number of carbonyl (C=O) groups excluding carboxylic acids is 1. The second kappa shape index (κ2) is 8.97. The van der Waals surface area contributed by atoms with Crippen LogP contribution in [-0.4, -0.2) is 48.7 Å². The molecule has 0 aromatic carbocycles. The van der Waals surface area contributed by atoms with Crippen LogP contribution in [0.4, 0.5) is 0 Å². The third-order valence-corrected chi connectivity index (χ3v) is 2.02. The summed E-state index contributed by atoms with van der Waals surface area (Å²) >= 11 is 0. The molecule has 0 aliphatic rings. The molecule has 0 atom stereocenters. The number of hydrogen-bond acceptors (Lipinski definition) is 3. The molecule has 4 nitrogen and oxygen atoms in total. The van der Waals surface area contributed by atoms with Gasteiger partial charge in [-0.15, -0.1) is 0 Å². The fraction of sp³-hybridized carbons (Fsp3) is 0.900. The van der Waals surface area contributed by atoms with Crippen LogP contribution in [0.2, 0.25) is 0 Å². The summed E-state index contributed by atoms with van der Waals surface area (Å²) in [6.45, 7) is 7.06. The van der Waals surface area contributed by atoms with Crippen LogP contribution in [0.5, 0.6) is 0 Å². The van der Waals surface area contributed by atoms with Gasteiger partial charge >= 0.3 is 0 Å². The highest BCUT2D eigenvalue weighted by atomic mass is 16.3. The molecule has 4 heteroatoms. The molecular weight excluding hydrogens is 180 g/mol. The minimum absolute atomic E-state index is 0.0756. The van der Waals surface area contributed by atoms with Crippen molar-refractivity contribution in [3.63, 3.8) is 0 Å². The SMILES string of the molecule is CCCNC(=O)CN(CC)CCCO. The van der Waals surface area contributed by atoms with Crippen LogP contribution in [0.25, 0.3) is 0 Å². The van der Waals surface area contributed by atoms with Crippen molar-refractivity contribution in [3.8, 4) is 0 Å². The Morgan fingerprint density at radius 3 is 2.64 bits per heavy atom. The van der Waals surface area contributed by atoms with Crippen LogP contribution in [0.3, 0.4) is 0 Å². The Morgan fingerprint density at radius 2 is 2.14 bits per heavy atom. The number of aliphatic hydroxyl groups excluding tert-OH is 1. The van der Waals surface area contributed by atoms with E-state index in [0.717, 1.165) is 32.5 Å². The van der Waals surface area contributed by atoms with E-state index in [9.17, 15) is 4.79 Å². The van der Waals surface area contributed by atoms with Crippen molar-refractivity contribution in [2.45, 2.75) is 26.7 Å². The van der Waals surface area contributed by atoms with Crippen molar-refractivity contribution in [3.05, 3.63) is 0 Å². The first-order chi connectivity index (χ1) is 6.74. The largest absolute Gasteiger partial charge is 0.396 e. The van der Waals surface area contributed by atoms with Gasteiger partial charge in [0.2, 0.25) is 5.91 Å². The molecule has 0 aliphatic carbocycles. The molecule has 0 heterocycles. The monoisotopic (exact) mass is 202 g/mol. The van der Waals surface area contributed by atoms with Gasteiger partial charge in [0.05, 0.1) is 6.54 Å². The minimum atomic E-state index is 0.0756. The molecule has 0 rings (SSSR count). The van der Waals surface area contributed by atoms with E-state index in [1.54, 1.807) is 0 Å². The summed E-state index contributed by atoms with van der Waals surface area (Å²) in [4.78, 5) is 13.3. The summed E-state index contributed by atoms with van der Waals surface area (Å²) in [7, 11) is 0. The summed E-state index contributed by atoms with van der Waals surface area (Å²) in [5.41, 5.74) is 0. The molecule has 0 radical (unpaired) electrons. The molecule has 2 N–H and O–H groups in total. The van der Waals surface area contributed by atoms with E-state index in [0.29, 0.717) is 6.54 Å². The Kier molecular flexibility index (Phi) is 8.57. The van der Waals surface area contributed by atoms with Crippen LogP contribution in [0, 0.1) is 0 Å². The zero-order valence-electron chi connectivity index (χ0n) is 9.25. The van der Waals surface area contributed by atoms with Crippen molar-refractivity contribution < 1.29 is 9.90 Å².